The Morgan fingerprint density at radius 3 is 2.62 bits per heavy atom. The van der Waals surface area contributed by atoms with Crippen LogP contribution >= 0.6 is 0 Å². The van der Waals surface area contributed by atoms with Crippen LogP contribution in [0.4, 0.5) is 0 Å². The second-order valence-electron chi connectivity index (χ2n) is 5.65. The van der Waals surface area contributed by atoms with Gasteiger partial charge >= 0.3 is 11.8 Å². The number of carbonyl (C=O) groups excluding carboxylic acids is 3. The number of nitrogens with one attached hydrogen (secondary N) is 3. The molecular formula is C16H20N4O6. The average molecular weight is 364 g/mol. The normalized spacial score (nSPS) is 12.5. The molecule has 10 nitrogen and oxygen atoms in total. The topological polar surface area (TPSA) is 127 Å². The maximum absolute atomic E-state index is 11.6. The molecule has 3 amide bonds. The number of carbonyl (C=O) groups is 3. The van der Waals surface area contributed by atoms with Crippen LogP contribution in [0.2, 0.25) is 0 Å². The highest BCUT2D eigenvalue weighted by Gasteiger charge is 2.16. The van der Waals surface area contributed by atoms with Crippen molar-refractivity contribution in [1.29, 1.82) is 0 Å². The first-order valence-corrected chi connectivity index (χ1v) is 7.83. The Hall–Kier alpha value is -3.30. The predicted octanol–water partition coefficient (Wildman–Crippen LogP) is -0.172. The highest BCUT2D eigenvalue weighted by Crippen LogP contribution is 2.32. The van der Waals surface area contributed by atoms with E-state index in [-0.39, 0.29) is 12.8 Å². The fourth-order valence-electron chi connectivity index (χ4n) is 1.91. The molecule has 0 radical (unpaired) electrons. The van der Waals surface area contributed by atoms with Crippen molar-refractivity contribution < 1.29 is 28.7 Å². The quantitative estimate of drug-likeness (QED) is 0.378. The zero-order valence-corrected chi connectivity index (χ0v) is 14.6. The Labute approximate surface area is 149 Å². The van der Waals surface area contributed by atoms with Crippen molar-refractivity contribution >= 4 is 23.4 Å². The van der Waals surface area contributed by atoms with Crippen LogP contribution in [0.15, 0.2) is 23.4 Å². The van der Waals surface area contributed by atoms with Crippen molar-refractivity contribution in [3.63, 3.8) is 0 Å². The number of oxime groups is 1. The minimum atomic E-state index is -0.980. The molecule has 0 bridgehead atoms. The molecule has 1 aromatic carbocycles. The molecule has 0 fully saturated rings. The number of rotatable bonds is 5. The van der Waals surface area contributed by atoms with Gasteiger partial charge in [-0.05, 0) is 39.0 Å². The number of nitrogens with zero attached hydrogens (tertiary/aromatic N) is 1. The molecule has 26 heavy (non-hydrogen) atoms. The molecule has 0 saturated heterocycles. The lowest BCUT2D eigenvalue weighted by Gasteiger charge is -2.09. The van der Waals surface area contributed by atoms with Crippen molar-refractivity contribution in [2.45, 2.75) is 26.8 Å². The Morgan fingerprint density at radius 1 is 1.15 bits per heavy atom. The zero-order chi connectivity index (χ0) is 19.1. The molecule has 3 N–H and O–H groups in total. The van der Waals surface area contributed by atoms with Crippen molar-refractivity contribution in [1.82, 2.24) is 16.2 Å². The number of hydrogen-bond donors (Lipinski definition) is 3. The van der Waals surface area contributed by atoms with Gasteiger partial charge in [0.05, 0.1) is 5.71 Å². The Kier molecular flexibility index (Phi) is 6.36. The summed E-state index contributed by atoms with van der Waals surface area (Å²) < 4.78 is 10.5. The second kappa shape index (κ2) is 8.70. The number of benzene rings is 1. The Morgan fingerprint density at radius 2 is 1.88 bits per heavy atom. The third-order valence-corrected chi connectivity index (χ3v) is 3.13. The smallest absolute Gasteiger partial charge is 0.327 e. The van der Waals surface area contributed by atoms with Gasteiger partial charge in [-0.1, -0.05) is 5.16 Å². The van der Waals surface area contributed by atoms with Gasteiger partial charge in [-0.3, -0.25) is 25.2 Å². The number of fused-ring (bicyclic) bond motifs is 1. The van der Waals surface area contributed by atoms with Crippen LogP contribution in [0, 0.1) is 0 Å². The summed E-state index contributed by atoms with van der Waals surface area (Å²) in [6.07, 6.45) is 0. The van der Waals surface area contributed by atoms with Gasteiger partial charge in [-0.15, -0.1) is 0 Å². The SMILES string of the molecule is C/C(=N/OCC(=O)NNC(=O)C(=O)NC(C)C)c1ccc2c(c1)OCO2. The predicted molar refractivity (Wildman–Crippen MR) is 90.3 cm³/mol. The van der Waals surface area contributed by atoms with Crippen LogP contribution in [-0.4, -0.2) is 42.9 Å². The first-order valence-electron chi connectivity index (χ1n) is 7.83. The molecule has 1 aromatic rings. The first-order chi connectivity index (χ1) is 12.4. The maximum atomic E-state index is 11.6. The summed E-state index contributed by atoms with van der Waals surface area (Å²) in [7, 11) is 0. The van der Waals surface area contributed by atoms with Crippen LogP contribution in [0.1, 0.15) is 26.3 Å². The van der Waals surface area contributed by atoms with Gasteiger partial charge in [-0.25, -0.2) is 0 Å². The summed E-state index contributed by atoms with van der Waals surface area (Å²) in [4.78, 5) is 39.3. The fourth-order valence-corrected chi connectivity index (χ4v) is 1.91. The molecule has 10 heteroatoms. The van der Waals surface area contributed by atoms with Gasteiger partial charge in [-0.2, -0.15) is 0 Å². The van der Waals surface area contributed by atoms with Crippen LogP contribution in [-0.2, 0) is 19.2 Å². The maximum Gasteiger partial charge on any atom is 0.327 e. The van der Waals surface area contributed by atoms with E-state index in [1.54, 1.807) is 39.0 Å². The molecule has 0 aliphatic carbocycles. The summed E-state index contributed by atoms with van der Waals surface area (Å²) in [6, 6.07) is 5.09. The molecule has 2 rings (SSSR count). The fraction of sp³-hybridized carbons (Fsp3) is 0.375. The molecule has 1 heterocycles. The Bertz CT molecular complexity index is 731. The van der Waals surface area contributed by atoms with Crippen molar-refractivity contribution in [2.24, 2.45) is 5.16 Å². The van der Waals surface area contributed by atoms with Gasteiger partial charge in [0.25, 0.3) is 5.91 Å². The monoisotopic (exact) mass is 364 g/mol. The minimum Gasteiger partial charge on any atom is -0.454 e. The number of ether oxygens (including phenoxy) is 2. The molecule has 1 aliphatic heterocycles. The third-order valence-electron chi connectivity index (χ3n) is 3.13. The zero-order valence-electron chi connectivity index (χ0n) is 14.6. The number of hydrogen-bond acceptors (Lipinski definition) is 7. The lowest BCUT2D eigenvalue weighted by Crippen LogP contribution is -2.50. The summed E-state index contributed by atoms with van der Waals surface area (Å²) in [5.41, 5.74) is 5.30. The van der Waals surface area contributed by atoms with E-state index in [0.29, 0.717) is 17.2 Å². The second-order valence-corrected chi connectivity index (χ2v) is 5.65. The molecule has 1 aliphatic rings. The largest absolute Gasteiger partial charge is 0.454 e. The molecule has 0 saturated carbocycles. The first kappa shape index (κ1) is 19.0. The lowest BCUT2D eigenvalue weighted by atomic mass is 10.1. The molecule has 140 valence electrons. The van der Waals surface area contributed by atoms with E-state index in [0.717, 1.165) is 5.56 Å². The van der Waals surface area contributed by atoms with E-state index in [1.807, 2.05) is 5.43 Å². The van der Waals surface area contributed by atoms with E-state index in [9.17, 15) is 14.4 Å². The van der Waals surface area contributed by atoms with Crippen molar-refractivity contribution in [2.75, 3.05) is 13.4 Å². The van der Waals surface area contributed by atoms with E-state index >= 15 is 0 Å². The van der Waals surface area contributed by atoms with Crippen LogP contribution in [0.25, 0.3) is 0 Å². The summed E-state index contributed by atoms with van der Waals surface area (Å²) in [6.45, 7) is 4.85. The molecule has 0 atom stereocenters. The highest BCUT2D eigenvalue weighted by atomic mass is 16.7. The van der Waals surface area contributed by atoms with E-state index < -0.39 is 24.3 Å². The standard InChI is InChI=1S/C16H20N4O6/c1-9(2)17-15(22)16(23)19-18-14(21)7-26-20-10(3)11-4-5-12-13(6-11)25-8-24-12/h4-6,9H,7-8H2,1-3H3,(H,17,22)(H,18,21)(H,19,23)/b20-10-. The van der Waals surface area contributed by atoms with Crippen molar-refractivity contribution in [3.05, 3.63) is 23.8 Å². The summed E-state index contributed by atoms with van der Waals surface area (Å²) >= 11 is 0. The van der Waals surface area contributed by atoms with Crippen LogP contribution < -0.4 is 25.6 Å². The number of hydrazine groups is 1. The van der Waals surface area contributed by atoms with Gasteiger partial charge in [0.15, 0.2) is 18.1 Å². The molecular weight excluding hydrogens is 344 g/mol. The van der Waals surface area contributed by atoms with Crippen molar-refractivity contribution in [3.8, 4) is 11.5 Å². The average Bonchev–Trinajstić information content (AvgIpc) is 3.06. The third kappa shape index (κ3) is 5.36. The van der Waals surface area contributed by atoms with E-state index in [1.165, 1.54) is 0 Å². The highest BCUT2D eigenvalue weighted by molar-refractivity contribution is 6.35. The molecule has 0 unspecified atom stereocenters. The summed E-state index contributed by atoms with van der Waals surface area (Å²) in [5, 5.41) is 6.21. The Balaban J connectivity index is 1.76. The van der Waals surface area contributed by atoms with Gasteiger partial charge in [0, 0.05) is 11.6 Å². The van der Waals surface area contributed by atoms with E-state index in [4.69, 9.17) is 14.3 Å². The lowest BCUT2D eigenvalue weighted by molar-refractivity contribution is -0.141. The molecule has 0 spiro atoms. The van der Waals surface area contributed by atoms with Crippen LogP contribution in [0.5, 0.6) is 11.5 Å². The molecule has 0 aromatic heterocycles. The van der Waals surface area contributed by atoms with E-state index in [2.05, 4.69) is 15.9 Å². The summed E-state index contributed by atoms with van der Waals surface area (Å²) in [5.74, 6) is -1.24. The minimum absolute atomic E-state index is 0.173. The number of amides is 3. The van der Waals surface area contributed by atoms with Gasteiger partial charge in [0.1, 0.15) is 0 Å². The van der Waals surface area contributed by atoms with Gasteiger partial charge in [0.2, 0.25) is 6.79 Å². The van der Waals surface area contributed by atoms with Crippen LogP contribution in [0.3, 0.4) is 0 Å². The van der Waals surface area contributed by atoms with Gasteiger partial charge < -0.3 is 19.6 Å².